The van der Waals surface area contributed by atoms with Gasteiger partial charge in [-0.1, -0.05) is 80.2 Å². The lowest BCUT2D eigenvalue weighted by atomic mass is 10.1. The summed E-state index contributed by atoms with van der Waals surface area (Å²) in [6.45, 7) is 0. The zero-order valence-electron chi connectivity index (χ0n) is 34.5. The number of rotatable bonds is 15. The molecule has 11 nitrogen and oxygen atoms in total. The van der Waals surface area contributed by atoms with Crippen LogP contribution in [-0.4, -0.2) is 74.9 Å². The highest BCUT2D eigenvalue weighted by molar-refractivity contribution is 7.98. The summed E-state index contributed by atoms with van der Waals surface area (Å²) in [5.74, 6) is -1.32. The number of alkyl halides is 6. The molecule has 3 amide bonds. The Balaban J connectivity index is 0.000000289. The normalized spacial score (nSPS) is 11.8. The summed E-state index contributed by atoms with van der Waals surface area (Å²) < 4.78 is 75.0. The number of thioether (sulfide) groups is 2. The highest BCUT2D eigenvalue weighted by atomic mass is 32.2. The van der Waals surface area contributed by atoms with Crippen LogP contribution in [0.5, 0.6) is 0 Å². The Bertz CT molecular complexity index is 2470. The number of aromatic carboxylic acids is 1. The van der Waals surface area contributed by atoms with Gasteiger partial charge in [-0.3, -0.25) is 14.4 Å². The van der Waals surface area contributed by atoms with Crippen molar-refractivity contribution in [1.82, 2.24) is 15.3 Å². The molecular weight excluding hydrogens is 947 g/mol. The van der Waals surface area contributed by atoms with Gasteiger partial charge in [-0.15, -0.1) is 22.7 Å². The van der Waals surface area contributed by atoms with Gasteiger partial charge in [0.25, 0.3) is 5.91 Å². The molecule has 2 aromatic heterocycles. The van der Waals surface area contributed by atoms with Crippen LogP contribution in [0.2, 0.25) is 0 Å². The molecule has 4 aromatic carbocycles. The fourth-order valence-corrected chi connectivity index (χ4v) is 7.73. The smallest absolute Gasteiger partial charge is 0.416 e. The quantitative estimate of drug-likeness (QED) is 0.0623. The third kappa shape index (κ3) is 17.6. The van der Waals surface area contributed by atoms with Crippen LogP contribution in [-0.2, 0) is 21.9 Å². The second-order valence-electron chi connectivity index (χ2n) is 13.4. The van der Waals surface area contributed by atoms with Crippen molar-refractivity contribution in [2.24, 2.45) is 5.73 Å². The fourth-order valence-electron chi connectivity index (χ4n) is 5.32. The van der Waals surface area contributed by atoms with E-state index in [1.165, 1.54) is 40.5 Å². The maximum absolute atomic E-state index is 13.0. The zero-order chi connectivity index (χ0) is 47.6. The minimum absolute atomic E-state index is 0. The van der Waals surface area contributed by atoms with Crippen molar-refractivity contribution < 1.29 is 50.6 Å². The molecule has 66 heavy (non-hydrogen) atoms. The maximum atomic E-state index is 13.0. The molecule has 0 saturated heterocycles. The highest BCUT2D eigenvalue weighted by Crippen LogP contribution is 2.31. The van der Waals surface area contributed by atoms with Crippen LogP contribution >= 0.6 is 46.2 Å². The van der Waals surface area contributed by atoms with Crippen LogP contribution in [0.4, 0.5) is 36.6 Å². The number of carbonyl (C=O) groups is 4. The van der Waals surface area contributed by atoms with Crippen LogP contribution in [0.25, 0.3) is 22.5 Å². The summed E-state index contributed by atoms with van der Waals surface area (Å²) in [5, 5.41) is 21.1. The molecule has 0 aliphatic rings. The molecule has 0 fully saturated rings. The second kappa shape index (κ2) is 26.4. The minimum atomic E-state index is -4.56. The van der Waals surface area contributed by atoms with Gasteiger partial charge in [-0.2, -0.15) is 49.9 Å². The molecule has 0 bridgehead atoms. The molecule has 6 N–H and O–H groups in total. The molecule has 2 atom stereocenters. The van der Waals surface area contributed by atoms with Gasteiger partial charge in [0.1, 0.15) is 6.04 Å². The summed E-state index contributed by atoms with van der Waals surface area (Å²) >= 11 is 5.83. The van der Waals surface area contributed by atoms with Crippen LogP contribution < -0.4 is 21.7 Å². The third-order valence-electron chi connectivity index (χ3n) is 8.70. The first kappa shape index (κ1) is 54.6. The molecule has 6 rings (SSSR count). The molecule has 352 valence electrons. The maximum Gasteiger partial charge on any atom is 0.416 e. The van der Waals surface area contributed by atoms with E-state index in [9.17, 15) is 45.5 Å². The Morgan fingerprint density at radius 1 is 0.652 bits per heavy atom. The largest absolute Gasteiger partial charge is 0.478 e. The summed E-state index contributed by atoms with van der Waals surface area (Å²) in [4.78, 5) is 56.4. The number of aromatic nitrogens is 2. The number of halogens is 6. The first-order valence-corrected chi connectivity index (χ1v) is 23.7. The molecule has 6 aromatic rings. The van der Waals surface area contributed by atoms with Crippen molar-refractivity contribution in [3.8, 4) is 22.5 Å². The van der Waals surface area contributed by atoms with E-state index in [0.29, 0.717) is 40.6 Å². The average molecular weight is 993 g/mol. The number of carbonyl (C=O) groups excluding carboxylic acids is 3. The number of anilines is 2. The van der Waals surface area contributed by atoms with E-state index in [-0.39, 0.29) is 24.5 Å². The molecule has 0 spiro atoms. The minimum Gasteiger partial charge on any atom is -0.478 e. The monoisotopic (exact) mass is 992 g/mol. The van der Waals surface area contributed by atoms with E-state index >= 15 is 0 Å². The van der Waals surface area contributed by atoms with Crippen LogP contribution in [0, 0.1) is 0 Å². The Morgan fingerprint density at radius 2 is 1.09 bits per heavy atom. The van der Waals surface area contributed by atoms with Gasteiger partial charge in [-0.05, 0) is 73.3 Å². The van der Waals surface area contributed by atoms with Gasteiger partial charge in [-0.25, -0.2) is 14.8 Å². The van der Waals surface area contributed by atoms with E-state index in [4.69, 9.17) is 10.8 Å². The second-order valence-corrected chi connectivity index (χ2v) is 17.1. The van der Waals surface area contributed by atoms with E-state index in [2.05, 4.69) is 25.9 Å². The molecular formula is C45H46F6N6O5S4. The molecule has 21 heteroatoms. The Morgan fingerprint density at radius 3 is 1.55 bits per heavy atom. The van der Waals surface area contributed by atoms with Crippen molar-refractivity contribution in [2.45, 2.75) is 44.7 Å². The fraction of sp³-hybridized carbons (Fsp3) is 0.244. The number of nitrogens with zero attached hydrogens (tertiary/aromatic N) is 2. The lowest BCUT2D eigenvalue weighted by molar-refractivity contribution is -0.138. The number of hydrogen-bond acceptors (Lipinski definition) is 11. The molecule has 0 unspecified atom stereocenters. The lowest BCUT2D eigenvalue weighted by Gasteiger charge is -2.18. The molecule has 0 aliphatic carbocycles. The lowest BCUT2D eigenvalue weighted by Crippen LogP contribution is -2.44. The van der Waals surface area contributed by atoms with Gasteiger partial charge in [0, 0.05) is 27.5 Å². The predicted molar refractivity (Wildman–Crippen MR) is 254 cm³/mol. The summed E-state index contributed by atoms with van der Waals surface area (Å²) in [6, 6.07) is 25.6. The van der Waals surface area contributed by atoms with E-state index in [1.807, 2.05) is 83.9 Å². The van der Waals surface area contributed by atoms with Crippen LogP contribution in [0.1, 0.15) is 52.1 Å². The number of hydrogen-bond donors (Lipinski definition) is 5. The first-order chi connectivity index (χ1) is 30.9. The van der Waals surface area contributed by atoms with Crippen molar-refractivity contribution in [3.05, 3.63) is 142 Å². The Kier molecular flexibility index (Phi) is 21.9. The zero-order valence-corrected chi connectivity index (χ0v) is 37.7. The summed E-state index contributed by atoms with van der Waals surface area (Å²) in [6.07, 6.45) is -4.22. The van der Waals surface area contributed by atoms with Crippen molar-refractivity contribution in [1.29, 1.82) is 0 Å². The third-order valence-corrected chi connectivity index (χ3v) is 11.5. The van der Waals surface area contributed by atoms with Gasteiger partial charge in [0.15, 0.2) is 10.3 Å². The van der Waals surface area contributed by atoms with Gasteiger partial charge in [0.2, 0.25) is 11.8 Å². The van der Waals surface area contributed by atoms with Gasteiger partial charge >= 0.3 is 18.3 Å². The summed E-state index contributed by atoms with van der Waals surface area (Å²) in [5.41, 5.74) is 6.93. The summed E-state index contributed by atoms with van der Waals surface area (Å²) in [7, 11) is 0. The van der Waals surface area contributed by atoms with Crippen molar-refractivity contribution >= 4 is 80.2 Å². The molecule has 0 aliphatic heterocycles. The number of thiazole rings is 2. The Labute approximate surface area is 394 Å². The van der Waals surface area contributed by atoms with Gasteiger partial charge in [0.05, 0.1) is 34.1 Å². The standard InChI is InChI=1S/C22H20F3N3O2S2.C14H17N3OS2.C8H5F3O2.CH4/c1-31-11-10-17(26-19(29)15-8-5-9-16(12-15)22(23,24)25)20(30)28-21-27-18(13-32-21)14-6-3-2-4-7-14;1-19-8-7-11(15)13(18)17-14-16-12(9-20-14)10-5-3-2-4-6-10;9-8(10,11)6-3-1-2-5(4-6)7(12)13;/h2-9,12-13,17H,10-11H2,1H3,(H,26,29)(H,27,28,30);2-6,9,11H,7-8,15H2,1H3,(H,16,17,18);1-4H,(H,12,13);1H4/t17-;11-;;/m00../s1. The Hall–Kier alpha value is -5.74. The van der Waals surface area contributed by atoms with Crippen molar-refractivity contribution in [2.75, 3.05) is 34.7 Å². The van der Waals surface area contributed by atoms with Crippen LogP contribution in [0.15, 0.2) is 120 Å². The van der Waals surface area contributed by atoms with Crippen LogP contribution in [0.3, 0.4) is 0 Å². The van der Waals surface area contributed by atoms with E-state index in [1.54, 1.807) is 11.8 Å². The topological polar surface area (TPSA) is 176 Å². The van der Waals surface area contributed by atoms with E-state index < -0.39 is 53.3 Å². The average Bonchev–Trinajstić information content (AvgIpc) is 3.97. The number of benzene rings is 4. The molecule has 2 heterocycles. The van der Waals surface area contributed by atoms with Crippen molar-refractivity contribution in [3.63, 3.8) is 0 Å². The number of nitrogens with two attached hydrogens (primary N) is 1. The number of carboxylic acid groups (broad SMARTS) is 1. The number of amides is 3. The highest BCUT2D eigenvalue weighted by Gasteiger charge is 2.32. The first-order valence-electron chi connectivity index (χ1n) is 19.1. The van der Waals surface area contributed by atoms with E-state index in [0.717, 1.165) is 59.0 Å². The molecule has 0 saturated carbocycles. The number of carboxylic acids is 1. The SMILES string of the molecule is C.CSCC[C@H](N)C(=O)Nc1nc(-c2ccccc2)cs1.CSCC[C@H](NC(=O)c1cccc(C(F)(F)F)c1)C(=O)Nc1nc(-c2ccccc2)cs1.O=C(O)c1cccc(C(F)(F)F)c1. The van der Waals surface area contributed by atoms with Gasteiger partial charge < -0.3 is 26.8 Å². The molecule has 0 radical (unpaired) electrons. The predicted octanol–water partition coefficient (Wildman–Crippen LogP) is 11.2. The number of nitrogens with one attached hydrogen (secondary N) is 3.